The molecule has 0 aliphatic heterocycles. The first-order valence-electron chi connectivity index (χ1n) is 9.60. The molecule has 0 saturated heterocycles. The first-order valence-corrected chi connectivity index (χ1v) is 11.0. The molecule has 172 valence electrons. The highest BCUT2D eigenvalue weighted by atomic mass is 32.2. The molecule has 0 rings (SSSR count). The molecule has 0 radical (unpaired) electrons. The van der Waals surface area contributed by atoms with Gasteiger partial charge >= 0.3 is 5.97 Å². The second-order valence-corrected chi connectivity index (χ2v) is 8.24. The van der Waals surface area contributed by atoms with Gasteiger partial charge in [0.05, 0.1) is 6.04 Å². The lowest BCUT2D eigenvalue weighted by Gasteiger charge is -2.24. The minimum Gasteiger partial charge on any atom is -0.480 e. The van der Waals surface area contributed by atoms with E-state index in [-0.39, 0.29) is 25.2 Å². The first kappa shape index (κ1) is 27.7. The smallest absolute Gasteiger partial charge is 0.322 e. The van der Waals surface area contributed by atoms with Gasteiger partial charge in [0, 0.05) is 6.42 Å². The van der Waals surface area contributed by atoms with Crippen molar-refractivity contribution >= 4 is 41.4 Å². The van der Waals surface area contributed by atoms with E-state index in [0.717, 1.165) is 0 Å². The van der Waals surface area contributed by atoms with Gasteiger partial charge in [-0.1, -0.05) is 13.8 Å². The Kier molecular flexibility index (Phi) is 13.5. The lowest BCUT2D eigenvalue weighted by Crippen LogP contribution is -2.56. The number of thioether (sulfide) groups is 1. The standard InChI is InChI=1S/C18H33N5O6S/c1-10(2)8-13(17(28)21-9-15(25)26)23-18(29)12(4-5-14(20)24)22-16(27)11(19)6-7-30-3/h10-13H,4-9,19H2,1-3H3,(H2,20,24)(H,21,28)(H,22,27)(H,23,29)(H,25,26). The number of nitrogens with two attached hydrogens (primary N) is 2. The Balaban J connectivity index is 5.25. The summed E-state index contributed by atoms with van der Waals surface area (Å²) in [5.41, 5.74) is 11.0. The molecule has 4 amide bonds. The van der Waals surface area contributed by atoms with Crippen LogP contribution in [0.3, 0.4) is 0 Å². The number of amides is 4. The van der Waals surface area contributed by atoms with Crippen molar-refractivity contribution in [1.82, 2.24) is 16.0 Å². The predicted molar refractivity (Wildman–Crippen MR) is 113 cm³/mol. The SMILES string of the molecule is CSCCC(N)C(=O)NC(CCC(N)=O)C(=O)NC(CC(C)C)C(=O)NCC(=O)O. The molecule has 0 heterocycles. The van der Waals surface area contributed by atoms with Crippen LogP contribution in [0.5, 0.6) is 0 Å². The summed E-state index contributed by atoms with van der Waals surface area (Å²) in [5, 5.41) is 16.0. The van der Waals surface area contributed by atoms with E-state index in [1.54, 1.807) is 0 Å². The van der Waals surface area contributed by atoms with E-state index in [0.29, 0.717) is 12.2 Å². The highest BCUT2D eigenvalue weighted by Crippen LogP contribution is 2.07. The number of nitrogens with one attached hydrogen (secondary N) is 3. The third-order valence-electron chi connectivity index (χ3n) is 4.04. The molecule has 12 heteroatoms. The van der Waals surface area contributed by atoms with E-state index in [1.807, 2.05) is 20.1 Å². The van der Waals surface area contributed by atoms with Crippen LogP contribution < -0.4 is 27.4 Å². The van der Waals surface area contributed by atoms with Crippen LogP contribution in [0.2, 0.25) is 0 Å². The van der Waals surface area contributed by atoms with Gasteiger partial charge in [0.1, 0.15) is 18.6 Å². The maximum absolute atomic E-state index is 12.7. The topological polar surface area (TPSA) is 194 Å². The Morgan fingerprint density at radius 2 is 1.57 bits per heavy atom. The highest BCUT2D eigenvalue weighted by molar-refractivity contribution is 7.98. The Morgan fingerprint density at radius 1 is 0.967 bits per heavy atom. The minimum atomic E-state index is -1.22. The number of carboxylic acid groups (broad SMARTS) is 1. The summed E-state index contributed by atoms with van der Waals surface area (Å²) in [6, 6.07) is -2.95. The Bertz CT molecular complexity index is 616. The molecule has 8 N–H and O–H groups in total. The molecule has 30 heavy (non-hydrogen) atoms. The van der Waals surface area contributed by atoms with Crippen molar-refractivity contribution < 1.29 is 29.1 Å². The maximum Gasteiger partial charge on any atom is 0.322 e. The molecule has 0 aliphatic carbocycles. The predicted octanol–water partition coefficient (Wildman–Crippen LogP) is -1.45. The maximum atomic E-state index is 12.7. The van der Waals surface area contributed by atoms with Gasteiger partial charge in [0.15, 0.2) is 0 Å². The first-order chi connectivity index (χ1) is 14.0. The lowest BCUT2D eigenvalue weighted by atomic mass is 10.0. The van der Waals surface area contributed by atoms with Crippen molar-refractivity contribution in [3.8, 4) is 0 Å². The van der Waals surface area contributed by atoms with Crippen molar-refractivity contribution in [2.45, 2.75) is 57.7 Å². The van der Waals surface area contributed by atoms with E-state index >= 15 is 0 Å². The van der Waals surface area contributed by atoms with Gasteiger partial charge in [-0.25, -0.2) is 0 Å². The van der Waals surface area contributed by atoms with Crippen molar-refractivity contribution in [3.05, 3.63) is 0 Å². The second kappa shape index (κ2) is 14.6. The average Bonchev–Trinajstić information content (AvgIpc) is 2.65. The fourth-order valence-corrected chi connectivity index (χ4v) is 2.96. The zero-order chi connectivity index (χ0) is 23.3. The fraction of sp³-hybridized carbons (Fsp3) is 0.722. The zero-order valence-electron chi connectivity index (χ0n) is 17.6. The molecule has 3 unspecified atom stereocenters. The molecule has 0 aromatic heterocycles. The lowest BCUT2D eigenvalue weighted by molar-refractivity contribution is -0.138. The van der Waals surface area contributed by atoms with E-state index in [2.05, 4.69) is 16.0 Å². The van der Waals surface area contributed by atoms with Gasteiger partial charge in [-0.3, -0.25) is 24.0 Å². The largest absolute Gasteiger partial charge is 0.480 e. The Labute approximate surface area is 180 Å². The van der Waals surface area contributed by atoms with Crippen LogP contribution in [0.15, 0.2) is 0 Å². The van der Waals surface area contributed by atoms with E-state index in [9.17, 15) is 24.0 Å². The summed E-state index contributed by atoms with van der Waals surface area (Å²) in [5.74, 6) is -3.08. The Hall–Kier alpha value is -2.34. The van der Waals surface area contributed by atoms with Gasteiger partial charge in [-0.2, -0.15) is 11.8 Å². The van der Waals surface area contributed by atoms with Crippen LogP contribution in [-0.2, 0) is 24.0 Å². The normalized spacial score (nSPS) is 13.8. The second-order valence-electron chi connectivity index (χ2n) is 7.26. The highest BCUT2D eigenvalue weighted by Gasteiger charge is 2.28. The average molecular weight is 448 g/mol. The third kappa shape index (κ3) is 12.3. The van der Waals surface area contributed by atoms with Crippen molar-refractivity contribution in [3.63, 3.8) is 0 Å². The molecule has 0 aromatic carbocycles. The number of carboxylic acids is 1. The van der Waals surface area contributed by atoms with Crippen molar-refractivity contribution in [2.75, 3.05) is 18.6 Å². The third-order valence-corrected chi connectivity index (χ3v) is 4.68. The summed E-state index contributed by atoms with van der Waals surface area (Å²) in [6.45, 7) is 3.08. The van der Waals surface area contributed by atoms with Gasteiger partial charge in [0.25, 0.3) is 0 Å². The molecule has 3 atom stereocenters. The number of rotatable bonds is 15. The molecule has 0 aliphatic rings. The van der Waals surface area contributed by atoms with Crippen LogP contribution in [0.25, 0.3) is 0 Å². The molecule has 0 saturated carbocycles. The van der Waals surface area contributed by atoms with Gasteiger partial charge in [-0.15, -0.1) is 0 Å². The number of carbonyl (C=O) groups excluding carboxylic acids is 4. The molecular weight excluding hydrogens is 414 g/mol. The van der Waals surface area contributed by atoms with Crippen LogP contribution in [-0.4, -0.2) is 71.4 Å². The molecule has 0 bridgehead atoms. The van der Waals surface area contributed by atoms with Crippen molar-refractivity contribution in [1.29, 1.82) is 0 Å². The van der Waals surface area contributed by atoms with Crippen LogP contribution >= 0.6 is 11.8 Å². The molecule has 11 nitrogen and oxygen atoms in total. The van der Waals surface area contributed by atoms with Gasteiger partial charge < -0.3 is 32.5 Å². The number of hydrogen-bond donors (Lipinski definition) is 6. The fourth-order valence-electron chi connectivity index (χ4n) is 2.47. The monoisotopic (exact) mass is 447 g/mol. The van der Waals surface area contributed by atoms with Crippen LogP contribution in [0, 0.1) is 5.92 Å². The summed E-state index contributed by atoms with van der Waals surface area (Å²) in [6.07, 6.45) is 2.31. The molecule has 0 fully saturated rings. The van der Waals surface area contributed by atoms with E-state index in [1.165, 1.54) is 11.8 Å². The minimum absolute atomic E-state index is 0.0181. The summed E-state index contributed by atoms with van der Waals surface area (Å²) >= 11 is 1.52. The Morgan fingerprint density at radius 3 is 2.07 bits per heavy atom. The number of aliphatic carboxylic acids is 1. The van der Waals surface area contributed by atoms with Crippen LogP contribution in [0.1, 0.15) is 39.5 Å². The van der Waals surface area contributed by atoms with E-state index in [4.69, 9.17) is 16.6 Å². The molecule has 0 aromatic rings. The number of hydrogen-bond acceptors (Lipinski definition) is 7. The van der Waals surface area contributed by atoms with Gasteiger partial charge in [-0.05, 0) is 37.2 Å². The summed E-state index contributed by atoms with van der Waals surface area (Å²) in [7, 11) is 0. The van der Waals surface area contributed by atoms with E-state index < -0.39 is 54.3 Å². The molecule has 0 spiro atoms. The number of carbonyl (C=O) groups is 5. The zero-order valence-corrected chi connectivity index (χ0v) is 18.4. The summed E-state index contributed by atoms with van der Waals surface area (Å²) in [4.78, 5) is 59.1. The quantitative estimate of drug-likeness (QED) is 0.175. The summed E-state index contributed by atoms with van der Waals surface area (Å²) < 4.78 is 0. The van der Waals surface area contributed by atoms with Crippen LogP contribution in [0.4, 0.5) is 0 Å². The van der Waals surface area contributed by atoms with Crippen molar-refractivity contribution in [2.24, 2.45) is 17.4 Å². The molecular formula is C18H33N5O6S. The van der Waals surface area contributed by atoms with Gasteiger partial charge in [0.2, 0.25) is 23.6 Å². The number of primary amides is 1.